The Hall–Kier alpha value is -0.830. The van der Waals surface area contributed by atoms with Crippen molar-refractivity contribution in [1.82, 2.24) is 5.32 Å². The summed E-state index contributed by atoms with van der Waals surface area (Å²) in [6, 6.07) is 0. The van der Waals surface area contributed by atoms with E-state index in [0.29, 0.717) is 18.1 Å². The number of Topliss-reactive ketones (excluding diaryl/α,β-unsaturated/α-hetero) is 1. The molecule has 0 aromatic heterocycles. The lowest BCUT2D eigenvalue weighted by atomic mass is 9.68. The molecule has 0 aromatic carbocycles. The number of carbonyl (C=O) groups is 1. The van der Waals surface area contributed by atoms with Gasteiger partial charge in [0.15, 0.2) is 11.5 Å². The predicted octanol–water partition coefficient (Wildman–Crippen LogP) is 2.77. The van der Waals surface area contributed by atoms with Crippen molar-refractivity contribution in [2.24, 2.45) is 11.3 Å². The molecule has 1 aliphatic heterocycles. The zero-order valence-electron chi connectivity index (χ0n) is 11.6. The summed E-state index contributed by atoms with van der Waals surface area (Å²) in [6.45, 7) is 4.32. The molecule has 0 spiro atoms. The number of carbonyl (C=O) groups excluding carboxylic acids is 1. The van der Waals surface area contributed by atoms with Crippen molar-refractivity contribution in [3.05, 3.63) is 11.3 Å². The minimum absolute atomic E-state index is 0.0521. The molecule has 0 radical (unpaired) electrons. The van der Waals surface area contributed by atoms with Gasteiger partial charge >= 0.3 is 0 Å². The maximum absolute atomic E-state index is 12.4. The fraction of sp³-hybridized carbons (Fsp3) is 0.800. The number of hydrogen-bond acceptors (Lipinski definition) is 3. The SMILES string of the molecule is CNC12CCCC(C1)C1=C(CC(C)(C)CC1=O)O2. The lowest BCUT2D eigenvalue weighted by molar-refractivity contribution is -0.127. The third-order valence-corrected chi connectivity index (χ3v) is 4.77. The normalized spacial score (nSPS) is 38.2. The van der Waals surface area contributed by atoms with Gasteiger partial charge in [0.2, 0.25) is 0 Å². The van der Waals surface area contributed by atoms with Crippen molar-refractivity contribution in [2.45, 2.75) is 58.1 Å². The third-order valence-electron chi connectivity index (χ3n) is 4.77. The summed E-state index contributed by atoms with van der Waals surface area (Å²) in [7, 11) is 1.98. The first-order valence-corrected chi connectivity index (χ1v) is 7.09. The molecule has 100 valence electrons. The molecular weight excluding hydrogens is 226 g/mol. The molecule has 1 fully saturated rings. The largest absolute Gasteiger partial charge is 0.477 e. The molecule has 3 aliphatic rings. The summed E-state index contributed by atoms with van der Waals surface area (Å²) >= 11 is 0. The van der Waals surface area contributed by atoms with Gasteiger partial charge in [0, 0.05) is 31.3 Å². The van der Waals surface area contributed by atoms with Gasteiger partial charge in [0.1, 0.15) is 5.76 Å². The first-order valence-electron chi connectivity index (χ1n) is 7.09. The molecule has 2 bridgehead atoms. The van der Waals surface area contributed by atoms with Crippen molar-refractivity contribution in [3.8, 4) is 0 Å². The van der Waals surface area contributed by atoms with Gasteiger partial charge in [-0.05, 0) is 31.2 Å². The second-order valence-corrected chi connectivity index (χ2v) is 6.92. The predicted molar refractivity (Wildman–Crippen MR) is 69.9 cm³/mol. The monoisotopic (exact) mass is 249 g/mol. The Balaban J connectivity index is 2.01. The van der Waals surface area contributed by atoms with Crippen LogP contribution in [0.5, 0.6) is 0 Å². The first kappa shape index (κ1) is 12.2. The highest BCUT2D eigenvalue weighted by atomic mass is 16.5. The average Bonchev–Trinajstić information content (AvgIpc) is 2.26. The van der Waals surface area contributed by atoms with Crippen LogP contribution in [-0.2, 0) is 9.53 Å². The lowest BCUT2D eigenvalue weighted by Crippen LogP contribution is -2.53. The molecule has 2 unspecified atom stereocenters. The summed E-state index contributed by atoms with van der Waals surface area (Å²) in [4.78, 5) is 12.4. The minimum Gasteiger partial charge on any atom is -0.477 e. The van der Waals surface area contributed by atoms with E-state index in [1.165, 1.54) is 0 Å². The molecule has 0 amide bonds. The second kappa shape index (κ2) is 3.83. The maximum atomic E-state index is 12.4. The molecule has 3 heteroatoms. The van der Waals surface area contributed by atoms with Crippen molar-refractivity contribution in [2.75, 3.05) is 7.05 Å². The van der Waals surface area contributed by atoms with Crippen LogP contribution in [0.2, 0.25) is 0 Å². The van der Waals surface area contributed by atoms with Crippen LogP contribution < -0.4 is 5.32 Å². The number of rotatable bonds is 1. The average molecular weight is 249 g/mol. The molecule has 0 saturated heterocycles. The summed E-state index contributed by atoms with van der Waals surface area (Å²) in [6.07, 6.45) is 5.92. The molecule has 0 aromatic rings. The number of ether oxygens (including phenoxy) is 1. The van der Waals surface area contributed by atoms with E-state index >= 15 is 0 Å². The molecule has 18 heavy (non-hydrogen) atoms. The van der Waals surface area contributed by atoms with Crippen molar-refractivity contribution < 1.29 is 9.53 Å². The lowest BCUT2D eigenvalue weighted by Gasteiger charge is -2.49. The van der Waals surface area contributed by atoms with Crippen molar-refractivity contribution >= 4 is 5.78 Å². The van der Waals surface area contributed by atoms with Crippen LogP contribution in [0.4, 0.5) is 0 Å². The minimum atomic E-state index is -0.199. The standard InChI is InChI=1S/C15H23NO2/c1-14(2)8-11(17)13-10-5-4-6-15(7-10,16-3)18-12(13)9-14/h10,16H,4-9H2,1-3H3. The van der Waals surface area contributed by atoms with E-state index in [4.69, 9.17) is 4.74 Å². The summed E-state index contributed by atoms with van der Waals surface area (Å²) in [5, 5.41) is 3.36. The highest BCUT2D eigenvalue weighted by Crippen LogP contribution is 2.50. The molecule has 3 rings (SSSR count). The topological polar surface area (TPSA) is 38.3 Å². The van der Waals surface area contributed by atoms with Gasteiger partial charge in [-0.2, -0.15) is 0 Å². The Morgan fingerprint density at radius 3 is 2.83 bits per heavy atom. The number of ketones is 1. The number of allylic oxidation sites excluding steroid dienone is 2. The Bertz CT molecular complexity index is 424. The first-order chi connectivity index (χ1) is 8.45. The Labute approximate surface area is 109 Å². The molecule has 1 heterocycles. The second-order valence-electron chi connectivity index (χ2n) is 6.92. The highest BCUT2D eigenvalue weighted by molar-refractivity contribution is 5.97. The summed E-state index contributed by atoms with van der Waals surface area (Å²) in [5.74, 6) is 1.75. The maximum Gasteiger partial charge on any atom is 0.163 e. The Morgan fingerprint density at radius 1 is 1.33 bits per heavy atom. The van der Waals surface area contributed by atoms with Crippen LogP contribution >= 0.6 is 0 Å². The Morgan fingerprint density at radius 2 is 2.11 bits per heavy atom. The van der Waals surface area contributed by atoms with E-state index in [1.807, 2.05) is 7.05 Å². The fourth-order valence-corrected chi connectivity index (χ4v) is 3.91. The van der Waals surface area contributed by atoms with E-state index in [0.717, 1.165) is 43.4 Å². The number of hydrogen-bond donors (Lipinski definition) is 1. The van der Waals surface area contributed by atoms with E-state index in [2.05, 4.69) is 19.2 Å². The van der Waals surface area contributed by atoms with Crippen LogP contribution in [0, 0.1) is 11.3 Å². The zero-order valence-corrected chi connectivity index (χ0v) is 11.6. The van der Waals surface area contributed by atoms with Crippen molar-refractivity contribution in [1.29, 1.82) is 0 Å². The fourth-order valence-electron chi connectivity index (χ4n) is 3.91. The van der Waals surface area contributed by atoms with Crippen molar-refractivity contribution in [3.63, 3.8) is 0 Å². The molecule has 2 aliphatic carbocycles. The molecule has 1 N–H and O–H groups in total. The van der Waals surface area contributed by atoms with Gasteiger partial charge in [0.05, 0.1) is 0 Å². The smallest absolute Gasteiger partial charge is 0.163 e. The number of fused-ring (bicyclic) bond motifs is 3. The molecule has 3 nitrogen and oxygen atoms in total. The molecule has 2 atom stereocenters. The molecular formula is C15H23NO2. The van der Waals surface area contributed by atoms with E-state index in [9.17, 15) is 4.79 Å². The van der Waals surface area contributed by atoms with E-state index < -0.39 is 0 Å². The van der Waals surface area contributed by atoms with Gasteiger partial charge in [-0.3, -0.25) is 10.1 Å². The van der Waals surface area contributed by atoms with Gasteiger partial charge in [0.25, 0.3) is 0 Å². The van der Waals surface area contributed by atoms with E-state index in [1.54, 1.807) is 0 Å². The number of nitrogens with one attached hydrogen (secondary N) is 1. The zero-order chi connectivity index (χ0) is 13.0. The third kappa shape index (κ3) is 1.80. The van der Waals surface area contributed by atoms with Gasteiger partial charge in [-0.15, -0.1) is 0 Å². The van der Waals surface area contributed by atoms with Gasteiger partial charge < -0.3 is 4.74 Å². The molecule has 1 saturated carbocycles. The summed E-state index contributed by atoms with van der Waals surface area (Å²) < 4.78 is 6.25. The van der Waals surface area contributed by atoms with Crippen LogP contribution in [0.15, 0.2) is 11.3 Å². The highest BCUT2D eigenvalue weighted by Gasteiger charge is 2.48. The van der Waals surface area contributed by atoms with Gasteiger partial charge in [-0.25, -0.2) is 0 Å². The Kier molecular flexibility index (Phi) is 2.60. The van der Waals surface area contributed by atoms with Crippen LogP contribution in [0.3, 0.4) is 0 Å². The quantitative estimate of drug-likeness (QED) is 0.776. The van der Waals surface area contributed by atoms with Crippen LogP contribution in [-0.4, -0.2) is 18.6 Å². The van der Waals surface area contributed by atoms with Crippen LogP contribution in [0.1, 0.15) is 52.4 Å². The summed E-state index contributed by atoms with van der Waals surface area (Å²) in [5.41, 5.74) is 0.881. The van der Waals surface area contributed by atoms with E-state index in [-0.39, 0.29) is 11.1 Å². The van der Waals surface area contributed by atoms with Gasteiger partial charge in [-0.1, -0.05) is 13.8 Å². The van der Waals surface area contributed by atoms with Crippen LogP contribution in [0.25, 0.3) is 0 Å².